The highest BCUT2D eigenvalue weighted by molar-refractivity contribution is 5.96. The van der Waals surface area contributed by atoms with E-state index in [0.29, 0.717) is 30.3 Å². The second-order valence-corrected chi connectivity index (χ2v) is 9.80. The van der Waals surface area contributed by atoms with Crippen LogP contribution >= 0.6 is 0 Å². The molecule has 0 unspecified atom stereocenters. The van der Waals surface area contributed by atoms with Gasteiger partial charge in [-0.05, 0) is 88.4 Å². The van der Waals surface area contributed by atoms with Crippen LogP contribution in [0.5, 0.6) is 5.75 Å². The molecule has 2 aromatic rings. The summed E-state index contributed by atoms with van der Waals surface area (Å²) in [6.45, 7) is 9.22. The van der Waals surface area contributed by atoms with Crippen molar-refractivity contribution >= 4 is 11.8 Å². The van der Waals surface area contributed by atoms with E-state index in [9.17, 15) is 9.59 Å². The van der Waals surface area contributed by atoms with Crippen LogP contribution in [-0.4, -0.2) is 29.9 Å². The van der Waals surface area contributed by atoms with E-state index in [0.717, 1.165) is 24.0 Å². The largest absolute Gasteiger partial charge is 0.489 e. The number of hydrogen-bond acceptors (Lipinski definition) is 5. The third-order valence-corrected chi connectivity index (χ3v) is 5.71. The number of carbonyl (C=O) groups is 2. The molecule has 0 aliphatic carbocycles. The zero-order valence-corrected chi connectivity index (χ0v) is 19.2. The van der Waals surface area contributed by atoms with Gasteiger partial charge in [0, 0.05) is 23.1 Å². The van der Waals surface area contributed by atoms with Crippen molar-refractivity contribution in [3.05, 3.63) is 65.2 Å². The van der Waals surface area contributed by atoms with Crippen LogP contribution in [0.15, 0.2) is 48.5 Å². The summed E-state index contributed by atoms with van der Waals surface area (Å²) in [7, 11) is 1.36. The fourth-order valence-corrected chi connectivity index (χ4v) is 4.82. The van der Waals surface area contributed by atoms with Gasteiger partial charge in [0.15, 0.2) is 5.78 Å². The van der Waals surface area contributed by atoms with E-state index in [1.54, 1.807) is 12.1 Å². The van der Waals surface area contributed by atoms with E-state index in [1.807, 2.05) is 36.4 Å². The van der Waals surface area contributed by atoms with Crippen molar-refractivity contribution in [3.8, 4) is 5.75 Å². The van der Waals surface area contributed by atoms with Crippen molar-refractivity contribution in [2.45, 2.75) is 64.6 Å². The van der Waals surface area contributed by atoms with Crippen molar-refractivity contribution in [2.75, 3.05) is 7.11 Å². The maximum atomic E-state index is 12.8. The zero-order valence-electron chi connectivity index (χ0n) is 19.2. The van der Waals surface area contributed by atoms with Gasteiger partial charge in [-0.25, -0.2) is 4.79 Å². The van der Waals surface area contributed by atoms with Crippen molar-refractivity contribution in [1.82, 2.24) is 5.32 Å². The number of hydrogen-bond donors (Lipinski definition) is 1. The lowest BCUT2D eigenvalue weighted by molar-refractivity contribution is 0.0600. The highest BCUT2D eigenvalue weighted by atomic mass is 16.5. The predicted molar refractivity (Wildman–Crippen MR) is 122 cm³/mol. The van der Waals surface area contributed by atoms with Gasteiger partial charge in [0.05, 0.1) is 12.7 Å². The summed E-state index contributed by atoms with van der Waals surface area (Å²) in [5, 5.41) is 3.67. The summed E-state index contributed by atoms with van der Waals surface area (Å²) in [6, 6.07) is 14.5. The van der Waals surface area contributed by atoms with Crippen molar-refractivity contribution < 1.29 is 19.1 Å². The first-order valence-corrected chi connectivity index (χ1v) is 10.8. The van der Waals surface area contributed by atoms with Gasteiger partial charge in [-0.3, -0.25) is 4.79 Å². The molecule has 0 radical (unpaired) electrons. The van der Waals surface area contributed by atoms with E-state index in [2.05, 4.69) is 33.0 Å². The Balaban J connectivity index is 1.55. The quantitative estimate of drug-likeness (QED) is 0.491. The van der Waals surface area contributed by atoms with Crippen LogP contribution in [0.2, 0.25) is 0 Å². The topological polar surface area (TPSA) is 64.6 Å². The number of nitrogens with one attached hydrogen (secondary N) is 1. The maximum Gasteiger partial charge on any atom is 0.337 e. The van der Waals surface area contributed by atoms with E-state index < -0.39 is 0 Å². The molecule has 0 aromatic heterocycles. The summed E-state index contributed by atoms with van der Waals surface area (Å²) in [6.07, 6.45) is 2.57. The number of benzene rings is 2. The summed E-state index contributed by atoms with van der Waals surface area (Å²) in [5.41, 5.74) is 2.27. The van der Waals surface area contributed by atoms with Gasteiger partial charge in [-0.15, -0.1) is 0 Å². The Kier molecular flexibility index (Phi) is 6.85. The molecular weight excluding hydrogens is 390 g/mol. The number of rotatable bonds is 7. The van der Waals surface area contributed by atoms with Crippen LogP contribution in [0.4, 0.5) is 0 Å². The Morgan fingerprint density at radius 3 is 2.00 bits per heavy atom. The van der Waals surface area contributed by atoms with E-state index in [-0.39, 0.29) is 22.8 Å². The Morgan fingerprint density at radius 1 is 0.903 bits per heavy atom. The van der Waals surface area contributed by atoms with Gasteiger partial charge in [0.1, 0.15) is 12.4 Å². The van der Waals surface area contributed by atoms with Gasteiger partial charge in [-0.2, -0.15) is 0 Å². The molecule has 1 saturated heterocycles. The minimum Gasteiger partial charge on any atom is -0.489 e. The van der Waals surface area contributed by atoms with Crippen molar-refractivity contribution in [3.63, 3.8) is 0 Å². The summed E-state index contributed by atoms with van der Waals surface area (Å²) >= 11 is 0. The molecule has 0 bridgehead atoms. The van der Waals surface area contributed by atoms with Gasteiger partial charge in [0.2, 0.25) is 0 Å². The van der Waals surface area contributed by atoms with Crippen molar-refractivity contribution in [2.24, 2.45) is 5.92 Å². The summed E-state index contributed by atoms with van der Waals surface area (Å²) in [4.78, 5) is 24.3. The molecule has 0 atom stereocenters. The molecule has 1 fully saturated rings. The predicted octanol–water partition coefficient (Wildman–Crippen LogP) is 5.18. The van der Waals surface area contributed by atoms with E-state index in [1.165, 1.54) is 7.11 Å². The fourth-order valence-electron chi connectivity index (χ4n) is 4.82. The standard InChI is InChI=1S/C26H33NO4/c1-25(2)15-19(16-26(3,4)27-25)14-23(28)20-10-12-22(13-11-20)31-17-18-6-8-21(9-7-18)24(29)30-5/h6-13,19,27H,14-17H2,1-5H3. The molecule has 31 heavy (non-hydrogen) atoms. The molecule has 1 N–H and O–H groups in total. The molecule has 0 spiro atoms. The zero-order chi connectivity index (χ0) is 22.6. The molecular formula is C26H33NO4. The number of Topliss-reactive ketones (excluding diaryl/α,β-unsaturated/α-hetero) is 1. The smallest absolute Gasteiger partial charge is 0.337 e. The lowest BCUT2D eigenvalue weighted by atomic mass is 9.74. The van der Waals surface area contributed by atoms with Crippen LogP contribution < -0.4 is 10.1 Å². The van der Waals surface area contributed by atoms with Crippen LogP contribution in [0.25, 0.3) is 0 Å². The fraction of sp³-hybridized carbons (Fsp3) is 0.462. The lowest BCUT2D eigenvalue weighted by Crippen LogP contribution is -2.57. The van der Waals surface area contributed by atoms with Gasteiger partial charge in [-0.1, -0.05) is 12.1 Å². The van der Waals surface area contributed by atoms with Crippen LogP contribution in [0, 0.1) is 5.92 Å². The van der Waals surface area contributed by atoms with Crippen LogP contribution in [0.1, 0.15) is 73.2 Å². The number of ether oxygens (including phenoxy) is 2. The number of methoxy groups -OCH3 is 1. The lowest BCUT2D eigenvalue weighted by Gasteiger charge is -2.46. The first-order chi connectivity index (χ1) is 14.6. The second-order valence-electron chi connectivity index (χ2n) is 9.80. The minimum atomic E-state index is -0.357. The Bertz CT molecular complexity index is 897. The molecule has 1 heterocycles. The van der Waals surface area contributed by atoms with Gasteiger partial charge in [0.25, 0.3) is 0 Å². The Morgan fingerprint density at radius 2 is 1.45 bits per heavy atom. The van der Waals surface area contributed by atoms with Crippen LogP contribution in [0.3, 0.4) is 0 Å². The minimum absolute atomic E-state index is 0.0411. The van der Waals surface area contributed by atoms with Crippen molar-refractivity contribution in [1.29, 1.82) is 0 Å². The SMILES string of the molecule is COC(=O)c1ccc(COc2ccc(C(=O)CC3CC(C)(C)NC(C)(C)C3)cc2)cc1. The summed E-state index contributed by atoms with van der Waals surface area (Å²) < 4.78 is 10.5. The molecule has 0 amide bonds. The number of ketones is 1. The maximum absolute atomic E-state index is 12.8. The normalized spacial score (nSPS) is 17.7. The molecule has 3 rings (SSSR count). The average molecular weight is 424 g/mol. The summed E-state index contributed by atoms with van der Waals surface area (Å²) in [5.74, 6) is 0.910. The highest BCUT2D eigenvalue weighted by Gasteiger charge is 2.38. The Hall–Kier alpha value is -2.66. The third kappa shape index (κ3) is 6.41. The number of carbonyl (C=O) groups excluding carboxylic acids is 2. The molecule has 166 valence electrons. The number of piperidine rings is 1. The molecule has 2 aromatic carbocycles. The number of esters is 1. The highest BCUT2D eigenvalue weighted by Crippen LogP contribution is 2.35. The molecule has 0 saturated carbocycles. The first kappa shape index (κ1) is 23.0. The average Bonchev–Trinajstić information content (AvgIpc) is 2.70. The Labute approximate surface area is 185 Å². The monoisotopic (exact) mass is 423 g/mol. The van der Waals surface area contributed by atoms with Gasteiger partial charge >= 0.3 is 5.97 Å². The van der Waals surface area contributed by atoms with E-state index >= 15 is 0 Å². The third-order valence-electron chi connectivity index (χ3n) is 5.71. The van der Waals surface area contributed by atoms with Gasteiger partial charge < -0.3 is 14.8 Å². The first-order valence-electron chi connectivity index (χ1n) is 10.8. The molecule has 5 heteroatoms. The molecule has 1 aliphatic heterocycles. The van der Waals surface area contributed by atoms with E-state index in [4.69, 9.17) is 9.47 Å². The molecule has 5 nitrogen and oxygen atoms in total. The molecule has 1 aliphatic rings. The second kappa shape index (κ2) is 9.23. The van der Waals surface area contributed by atoms with Crippen LogP contribution in [-0.2, 0) is 11.3 Å².